The Morgan fingerprint density at radius 3 is 2.63 bits per heavy atom. The van der Waals surface area contributed by atoms with Crippen molar-refractivity contribution in [2.24, 2.45) is 0 Å². The van der Waals surface area contributed by atoms with Gasteiger partial charge in [0.05, 0.1) is 0 Å². The summed E-state index contributed by atoms with van der Waals surface area (Å²) in [6, 6.07) is 9.44. The second kappa shape index (κ2) is 6.98. The monoisotopic (exact) mass is 368 g/mol. The lowest BCUT2D eigenvalue weighted by atomic mass is 10.1. The van der Waals surface area contributed by atoms with Gasteiger partial charge in [0.15, 0.2) is 5.58 Å². The second-order valence-electron chi connectivity index (χ2n) is 6.80. The molecule has 4 rings (SSSR count). The van der Waals surface area contributed by atoms with Crippen molar-refractivity contribution in [3.8, 4) is 5.75 Å². The Morgan fingerprint density at radius 2 is 1.93 bits per heavy atom. The van der Waals surface area contributed by atoms with Crippen LogP contribution in [0.15, 0.2) is 47.2 Å². The molecule has 1 saturated heterocycles. The van der Waals surface area contributed by atoms with Gasteiger partial charge in [0, 0.05) is 57.8 Å². The van der Waals surface area contributed by atoms with Gasteiger partial charge in [-0.05, 0) is 17.3 Å². The maximum Gasteiger partial charge on any atom is 0.414 e. The van der Waals surface area contributed by atoms with E-state index in [1.807, 2.05) is 18.2 Å². The number of ether oxygens (including phenoxy) is 1. The Balaban J connectivity index is 1.77. The van der Waals surface area contributed by atoms with Crippen molar-refractivity contribution in [1.82, 2.24) is 24.8 Å². The molecule has 8 heteroatoms. The number of rotatable bonds is 3. The molecule has 0 aliphatic carbocycles. The SMILES string of the molecule is CN(C)C(=O)Oc1ccc2c([N+]3(c4ccncc4)CCNCC3)noc2c1. The molecule has 0 saturated carbocycles. The lowest BCUT2D eigenvalue weighted by molar-refractivity contribution is 0.172. The molecule has 0 bridgehead atoms. The molecular weight excluding hydrogens is 346 g/mol. The molecule has 1 aliphatic rings. The molecule has 0 spiro atoms. The second-order valence-corrected chi connectivity index (χ2v) is 6.80. The Labute approximate surface area is 156 Å². The van der Waals surface area contributed by atoms with Crippen LogP contribution in [0.4, 0.5) is 16.3 Å². The third kappa shape index (κ3) is 3.13. The van der Waals surface area contributed by atoms with Gasteiger partial charge in [-0.25, -0.2) is 9.28 Å². The number of hydrogen-bond acceptors (Lipinski definition) is 6. The van der Waals surface area contributed by atoms with Gasteiger partial charge in [0.25, 0.3) is 5.82 Å². The molecular formula is C19H22N5O3+. The normalized spacial score (nSPS) is 16.2. The maximum absolute atomic E-state index is 11.8. The van der Waals surface area contributed by atoms with E-state index >= 15 is 0 Å². The minimum absolute atomic E-state index is 0.430. The number of quaternary nitrogens is 1. The Hall–Kier alpha value is -2.97. The first-order valence-corrected chi connectivity index (χ1v) is 8.88. The fraction of sp³-hybridized carbons (Fsp3) is 0.316. The number of nitrogens with one attached hydrogen (secondary N) is 1. The average molecular weight is 368 g/mol. The smallest absolute Gasteiger partial charge is 0.410 e. The predicted octanol–water partition coefficient (Wildman–Crippen LogP) is 2.53. The van der Waals surface area contributed by atoms with Gasteiger partial charge < -0.3 is 19.5 Å². The molecule has 1 N–H and O–H groups in total. The van der Waals surface area contributed by atoms with E-state index in [0.29, 0.717) is 15.8 Å². The molecule has 0 atom stereocenters. The summed E-state index contributed by atoms with van der Waals surface area (Å²) in [6.07, 6.45) is 3.17. The van der Waals surface area contributed by atoms with Gasteiger partial charge in [-0.3, -0.25) is 4.98 Å². The van der Waals surface area contributed by atoms with Gasteiger partial charge in [-0.2, -0.15) is 0 Å². The average Bonchev–Trinajstić information content (AvgIpc) is 3.13. The van der Waals surface area contributed by atoms with Crippen LogP contribution in [0, 0.1) is 0 Å². The zero-order chi connectivity index (χ0) is 18.9. The molecule has 1 aromatic carbocycles. The van der Waals surface area contributed by atoms with E-state index in [4.69, 9.17) is 9.26 Å². The number of hydrogen-bond donors (Lipinski definition) is 1. The molecule has 1 fully saturated rings. The summed E-state index contributed by atoms with van der Waals surface area (Å²) in [5.41, 5.74) is 1.73. The number of carbonyl (C=O) groups excluding carboxylic acids is 1. The quantitative estimate of drug-likeness (QED) is 0.716. The van der Waals surface area contributed by atoms with Crippen molar-refractivity contribution in [2.45, 2.75) is 0 Å². The van der Waals surface area contributed by atoms with Crippen molar-refractivity contribution in [3.05, 3.63) is 42.7 Å². The number of nitrogens with zero attached hydrogens (tertiary/aromatic N) is 4. The predicted molar refractivity (Wildman–Crippen MR) is 102 cm³/mol. The van der Waals surface area contributed by atoms with E-state index in [2.05, 4.69) is 15.5 Å². The molecule has 140 valence electrons. The van der Waals surface area contributed by atoms with E-state index in [0.717, 1.165) is 43.1 Å². The summed E-state index contributed by atoms with van der Waals surface area (Å²) in [7, 11) is 3.28. The van der Waals surface area contributed by atoms with Crippen molar-refractivity contribution < 1.29 is 14.1 Å². The van der Waals surface area contributed by atoms with Gasteiger partial charge in [-0.1, -0.05) is 0 Å². The third-order valence-electron chi connectivity index (χ3n) is 4.90. The van der Waals surface area contributed by atoms with Crippen LogP contribution in [0.1, 0.15) is 0 Å². The summed E-state index contributed by atoms with van der Waals surface area (Å²) >= 11 is 0. The van der Waals surface area contributed by atoms with Crippen molar-refractivity contribution in [3.63, 3.8) is 0 Å². The van der Waals surface area contributed by atoms with E-state index in [-0.39, 0.29) is 0 Å². The van der Waals surface area contributed by atoms with Gasteiger partial charge in [0.2, 0.25) is 0 Å². The minimum atomic E-state index is -0.434. The Bertz CT molecular complexity index is 948. The van der Waals surface area contributed by atoms with E-state index in [1.165, 1.54) is 4.90 Å². The number of piperazine rings is 1. The van der Waals surface area contributed by atoms with Crippen LogP contribution in [0.25, 0.3) is 11.0 Å². The number of amides is 1. The van der Waals surface area contributed by atoms with Crippen LogP contribution in [0.5, 0.6) is 5.75 Å². The molecule has 0 radical (unpaired) electrons. The van der Waals surface area contributed by atoms with Crippen molar-refractivity contribution >= 4 is 28.6 Å². The van der Waals surface area contributed by atoms with Gasteiger partial charge in [-0.15, -0.1) is 0 Å². The highest BCUT2D eigenvalue weighted by atomic mass is 16.6. The first-order valence-electron chi connectivity index (χ1n) is 8.88. The Kier molecular flexibility index (Phi) is 4.51. The van der Waals surface area contributed by atoms with Crippen LogP contribution < -0.4 is 14.5 Å². The first-order chi connectivity index (χ1) is 13.1. The van der Waals surface area contributed by atoms with Crippen LogP contribution in [-0.4, -0.2) is 61.4 Å². The highest BCUT2D eigenvalue weighted by molar-refractivity contribution is 5.90. The molecule has 0 unspecified atom stereocenters. The fourth-order valence-electron chi connectivity index (χ4n) is 3.47. The van der Waals surface area contributed by atoms with Crippen LogP contribution >= 0.6 is 0 Å². The van der Waals surface area contributed by atoms with E-state index < -0.39 is 6.09 Å². The number of pyridine rings is 1. The summed E-state index contributed by atoms with van der Waals surface area (Å²) in [5, 5.41) is 8.74. The molecule has 1 amide bonds. The molecule has 27 heavy (non-hydrogen) atoms. The zero-order valence-electron chi connectivity index (χ0n) is 15.4. The number of carbonyl (C=O) groups is 1. The maximum atomic E-state index is 11.8. The number of aromatic nitrogens is 2. The van der Waals surface area contributed by atoms with E-state index in [1.54, 1.807) is 38.6 Å². The lowest BCUT2D eigenvalue weighted by Gasteiger charge is -2.38. The zero-order valence-corrected chi connectivity index (χ0v) is 15.4. The molecule has 1 aliphatic heterocycles. The minimum Gasteiger partial charge on any atom is -0.410 e. The van der Waals surface area contributed by atoms with Crippen LogP contribution in [0.2, 0.25) is 0 Å². The Morgan fingerprint density at radius 1 is 1.19 bits per heavy atom. The topological polar surface area (TPSA) is 80.5 Å². The largest absolute Gasteiger partial charge is 0.414 e. The first kappa shape index (κ1) is 17.4. The van der Waals surface area contributed by atoms with Crippen LogP contribution in [-0.2, 0) is 0 Å². The molecule has 2 aromatic heterocycles. The summed E-state index contributed by atoms with van der Waals surface area (Å²) in [6.45, 7) is 3.50. The molecule has 8 nitrogen and oxygen atoms in total. The standard InChI is InChI=1S/C19H22N5O3/c1-23(2)19(25)26-15-3-4-16-17(13-15)27-22-18(16)24(11-9-21-10-12-24)14-5-7-20-8-6-14/h3-8,13,21H,9-12H2,1-2H3/q+1. The van der Waals surface area contributed by atoms with Crippen molar-refractivity contribution in [1.29, 1.82) is 0 Å². The fourth-order valence-corrected chi connectivity index (χ4v) is 3.47. The number of benzene rings is 1. The summed E-state index contributed by atoms with van der Waals surface area (Å²) in [4.78, 5) is 17.3. The van der Waals surface area contributed by atoms with Crippen LogP contribution in [0.3, 0.4) is 0 Å². The number of fused-ring (bicyclic) bond motifs is 1. The summed E-state index contributed by atoms with van der Waals surface area (Å²) < 4.78 is 11.5. The van der Waals surface area contributed by atoms with Crippen molar-refractivity contribution in [2.75, 3.05) is 40.3 Å². The molecule has 3 aromatic rings. The third-order valence-corrected chi connectivity index (χ3v) is 4.90. The lowest BCUT2D eigenvalue weighted by Crippen LogP contribution is -2.56. The highest BCUT2D eigenvalue weighted by Gasteiger charge is 2.39. The summed E-state index contributed by atoms with van der Waals surface area (Å²) in [5.74, 6) is 1.29. The molecule has 3 heterocycles. The van der Waals surface area contributed by atoms with Gasteiger partial charge in [0.1, 0.15) is 29.9 Å². The highest BCUT2D eigenvalue weighted by Crippen LogP contribution is 2.39. The van der Waals surface area contributed by atoms with Gasteiger partial charge >= 0.3 is 6.09 Å². The van der Waals surface area contributed by atoms with E-state index in [9.17, 15) is 4.79 Å².